The first kappa shape index (κ1) is 12.5. The van der Waals surface area contributed by atoms with Gasteiger partial charge in [0.2, 0.25) is 0 Å². The molecule has 0 spiro atoms. The summed E-state index contributed by atoms with van der Waals surface area (Å²) in [6.45, 7) is 2.80. The summed E-state index contributed by atoms with van der Waals surface area (Å²) in [5, 5.41) is 10.3. The Kier molecular flexibility index (Phi) is 3.45. The van der Waals surface area contributed by atoms with Crippen molar-refractivity contribution in [1.82, 2.24) is 0 Å². The van der Waals surface area contributed by atoms with Crippen LogP contribution in [0.25, 0.3) is 0 Å². The zero-order valence-corrected chi connectivity index (χ0v) is 9.75. The number of ether oxygens (including phenoxy) is 1. The molecule has 1 saturated heterocycles. The molecule has 1 aliphatic heterocycles. The molecule has 1 N–H and O–H groups in total. The second-order valence-electron chi connectivity index (χ2n) is 4.83. The Morgan fingerprint density at radius 3 is 2.82 bits per heavy atom. The Hall–Kier alpha value is -1.00. The van der Waals surface area contributed by atoms with E-state index in [2.05, 4.69) is 0 Å². The van der Waals surface area contributed by atoms with Crippen LogP contribution in [0.2, 0.25) is 0 Å². The molecule has 4 heteroatoms. The number of aliphatic hydroxyl groups is 1. The van der Waals surface area contributed by atoms with Crippen molar-refractivity contribution < 1.29 is 18.6 Å². The van der Waals surface area contributed by atoms with Crippen molar-refractivity contribution in [3.8, 4) is 0 Å². The quantitative estimate of drug-likeness (QED) is 0.881. The van der Waals surface area contributed by atoms with Crippen molar-refractivity contribution in [1.29, 1.82) is 0 Å². The van der Waals surface area contributed by atoms with Crippen molar-refractivity contribution >= 4 is 0 Å². The van der Waals surface area contributed by atoms with Gasteiger partial charge in [-0.3, -0.25) is 0 Å². The van der Waals surface area contributed by atoms with Crippen LogP contribution in [0.4, 0.5) is 8.78 Å². The molecule has 0 radical (unpaired) electrons. The van der Waals surface area contributed by atoms with Gasteiger partial charge in [-0.05, 0) is 25.0 Å². The third-order valence-corrected chi connectivity index (χ3v) is 3.37. The predicted molar refractivity (Wildman–Crippen MR) is 59.6 cm³/mol. The van der Waals surface area contributed by atoms with Gasteiger partial charge >= 0.3 is 0 Å². The van der Waals surface area contributed by atoms with Crippen LogP contribution in [-0.2, 0) is 11.2 Å². The van der Waals surface area contributed by atoms with E-state index in [0.717, 1.165) is 12.5 Å². The van der Waals surface area contributed by atoms with Crippen molar-refractivity contribution in [2.24, 2.45) is 5.92 Å². The molecule has 1 aromatic carbocycles. The molecule has 0 aliphatic carbocycles. The molecule has 1 aromatic rings. The highest BCUT2D eigenvalue weighted by molar-refractivity contribution is 5.20. The highest BCUT2D eigenvalue weighted by atomic mass is 19.1. The lowest BCUT2D eigenvalue weighted by Crippen LogP contribution is -2.37. The van der Waals surface area contributed by atoms with E-state index in [4.69, 9.17) is 4.74 Å². The Morgan fingerprint density at radius 2 is 2.24 bits per heavy atom. The van der Waals surface area contributed by atoms with Crippen LogP contribution < -0.4 is 0 Å². The monoisotopic (exact) mass is 242 g/mol. The molecule has 94 valence electrons. The summed E-state index contributed by atoms with van der Waals surface area (Å²) in [5.74, 6) is -1.20. The van der Waals surface area contributed by atoms with Crippen molar-refractivity contribution in [3.05, 3.63) is 35.4 Å². The summed E-state index contributed by atoms with van der Waals surface area (Å²) in [6, 6.07) is 3.44. The molecule has 2 unspecified atom stereocenters. The summed E-state index contributed by atoms with van der Waals surface area (Å²) < 4.78 is 31.5. The largest absolute Gasteiger partial charge is 0.389 e. The smallest absolute Gasteiger partial charge is 0.129 e. The van der Waals surface area contributed by atoms with Crippen LogP contribution in [0.3, 0.4) is 0 Å². The van der Waals surface area contributed by atoms with E-state index in [-0.39, 0.29) is 12.3 Å². The number of benzene rings is 1. The number of hydrogen-bond donors (Lipinski definition) is 1. The summed E-state index contributed by atoms with van der Waals surface area (Å²) in [5.41, 5.74) is -0.682. The molecule has 0 amide bonds. The van der Waals surface area contributed by atoms with Gasteiger partial charge in [-0.1, -0.05) is 6.07 Å². The Balaban J connectivity index is 2.13. The molecule has 0 bridgehead atoms. The first-order chi connectivity index (χ1) is 7.99. The molecule has 2 nitrogen and oxygen atoms in total. The fourth-order valence-electron chi connectivity index (χ4n) is 2.22. The van der Waals surface area contributed by atoms with E-state index in [0.29, 0.717) is 18.8 Å². The zero-order valence-electron chi connectivity index (χ0n) is 9.75. The van der Waals surface area contributed by atoms with Crippen molar-refractivity contribution in [3.63, 3.8) is 0 Å². The molecule has 0 aromatic heterocycles. The summed E-state index contributed by atoms with van der Waals surface area (Å²) >= 11 is 0. The van der Waals surface area contributed by atoms with Crippen LogP contribution >= 0.6 is 0 Å². The third kappa shape index (κ3) is 2.82. The van der Waals surface area contributed by atoms with E-state index in [1.807, 2.05) is 0 Å². The zero-order chi connectivity index (χ0) is 12.5. The van der Waals surface area contributed by atoms with E-state index in [1.54, 1.807) is 6.92 Å². The van der Waals surface area contributed by atoms with Gasteiger partial charge in [0.05, 0.1) is 12.2 Å². The molecule has 0 saturated carbocycles. The normalized spacial score (nSPS) is 23.6. The molecular formula is C13H16F2O2. The lowest BCUT2D eigenvalue weighted by atomic mass is 9.83. The second kappa shape index (κ2) is 4.70. The average molecular weight is 242 g/mol. The van der Waals surface area contributed by atoms with Gasteiger partial charge in [-0.2, -0.15) is 0 Å². The second-order valence-corrected chi connectivity index (χ2v) is 4.83. The van der Waals surface area contributed by atoms with Crippen LogP contribution in [0.1, 0.15) is 18.9 Å². The number of rotatable bonds is 3. The third-order valence-electron chi connectivity index (χ3n) is 3.37. The maximum Gasteiger partial charge on any atom is 0.129 e. The maximum atomic E-state index is 13.5. The van der Waals surface area contributed by atoms with Crippen LogP contribution in [-0.4, -0.2) is 23.9 Å². The van der Waals surface area contributed by atoms with E-state index in [9.17, 15) is 13.9 Å². The van der Waals surface area contributed by atoms with E-state index >= 15 is 0 Å². The minimum atomic E-state index is -1.02. The predicted octanol–water partition coefficient (Wildman–Crippen LogP) is 2.29. The summed E-state index contributed by atoms with van der Waals surface area (Å²) in [7, 11) is 0. The van der Waals surface area contributed by atoms with Gasteiger partial charge in [-0.15, -0.1) is 0 Å². The van der Waals surface area contributed by atoms with Crippen molar-refractivity contribution in [2.45, 2.75) is 25.4 Å². The Morgan fingerprint density at radius 1 is 1.47 bits per heavy atom. The standard InChI is InChI=1S/C13H16F2O2/c1-13(16,10-4-5-17-8-10)7-9-2-3-11(14)6-12(9)15/h2-3,6,10,16H,4-5,7-8H2,1H3. The highest BCUT2D eigenvalue weighted by Crippen LogP contribution is 2.29. The number of hydrogen-bond acceptors (Lipinski definition) is 2. The van der Waals surface area contributed by atoms with Gasteiger partial charge in [0.25, 0.3) is 0 Å². The highest BCUT2D eigenvalue weighted by Gasteiger charge is 2.35. The van der Waals surface area contributed by atoms with Gasteiger partial charge in [0.15, 0.2) is 0 Å². The Bertz CT molecular complexity index is 398. The van der Waals surface area contributed by atoms with Gasteiger partial charge in [0, 0.05) is 25.0 Å². The molecule has 1 heterocycles. The Labute approximate surface area is 99.2 Å². The van der Waals surface area contributed by atoms with Gasteiger partial charge < -0.3 is 9.84 Å². The topological polar surface area (TPSA) is 29.5 Å². The summed E-state index contributed by atoms with van der Waals surface area (Å²) in [6.07, 6.45) is 0.947. The lowest BCUT2D eigenvalue weighted by Gasteiger charge is -2.29. The minimum absolute atomic E-state index is 0.00644. The van der Waals surface area contributed by atoms with Crippen molar-refractivity contribution in [2.75, 3.05) is 13.2 Å². The van der Waals surface area contributed by atoms with Crippen LogP contribution in [0, 0.1) is 17.6 Å². The molecule has 2 atom stereocenters. The minimum Gasteiger partial charge on any atom is -0.389 e. The first-order valence-electron chi connectivity index (χ1n) is 5.73. The fourth-order valence-corrected chi connectivity index (χ4v) is 2.22. The number of halogens is 2. The lowest BCUT2D eigenvalue weighted by molar-refractivity contribution is -0.00520. The molecule has 2 rings (SSSR count). The molecule has 17 heavy (non-hydrogen) atoms. The maximum absolute atomic E-state index is 13.5. The van der Waals surface area contributed by atoms with Gasteiger partial charge in [0.1, 0.15) is 11.6 Å². The summed E-state index contributed by atoms with van der Waals surface area (Å²) in [4.78, 5) is 0. The van der Waals surface area contributed by atoms with E-state index < -0.39 is 17.2 Å². The van der Waals surface area contributed by atoms with E-state index in [1.165, 1.54) is 12.1 Å². The average Bonchev–Trinajstić information content (AvgIpc) is 2.76. The van der Waals surface area contributed by atoms with Gasteiger partial charge in [-0.25, -0.2) is 8.78 Å². The molecule has 1 aliphatic rings. The van der Waals surface area contributed by atoms with Crippen LogP contribution in [0.5, 0.6) is 0 Å². The SMILES string of the molecule is CC(O)(Cc1ccc(F)cc1F)C1CCOC1. The van der Waals surface area contributed by atoms with Crippen LogP contribution in [0.15, 0.2) is 18.2 Å². The molecular weight excluding hydrogens is 226 g/mol. The fraction of sp³-hybridized carbons (Fsp3) is 0.538. The molecule has 1 fully saturated rings. The first-order valence-corrected chi connectivity index (χ1v) is 5.73.